The molecule has 24 heavy (non-hydrogen) atoms. The molecule has 1 aliphatic carbocycles. The Hall–Kier alpha value is -2.18. The van der Waals surface area contributed by atoms with Crippen LogP contribution in [-0.4, -0.2) is 32.6 Å². The largest absolute Gasteiger partial charge is 0.360 e. The molecule has 1 atom stereocenters. The standard InChI is InChI=1S/C17H22N4O3/c1-17(2,3)13-9-11(19-23-13)16(22)21-8-4-5-12(21)14-18-15(24-20-14)10-6-7-10/h9-10,12H,4-8H2,1-3H3/t12-/m1/s1. The summed E-state index contributed by atoms with van der Waals surface area (Å²) >= 11 is 0. The molecule has 0 N–H and O–H groups in total. The Morgan fingerprint density at radius 1 is 1.21 bits per heavy atom. The van der Waals surface area contributed by atoms with E-state index in [9.17, 15) is 4.79 Å². The highest BCUT2D eigenvalue weighted by atomic mass is 16.5. The molecule has 0 unspecified atom stereocenters. The summed E-state index contributed by atoms with van der Waals surface area (Å²) in [6.45, 7) is 6.76. The van der Waals surface area contributed by atoms with Crippen molar-refractivity contribution in [2.75, 3.05) is 6.54 Å². The number of rotatable bonds is 3. The Labute approximate surface area is 140 Å². The van der Waals surface area contributed by atoms with Crippen LogP contribution < -0.4 is 0 Å². The minimum Gasteiger partial charge on any atom is -0.360 e. The number of likely N-dealkylation sites (tertiary alicyclic amines) is 1. The average molecular weight is 330 g/mol. The Balaban J connectivity index is 1.55. The predicted octanol–water partition coefficient (Wildman–Crippen LogP) is 3.21. The van der Waals surface area contributed by atoms with E-state index in [4.69, 9.17) is 9.05 Å². The first-order chi connectivity index (χ1) is 11.4. The normalized spacial score (nSPS) is 21.5. The molecule has 2 aromatic heterocycles. The molecular formula is C17H22N4O3. The molecule has 0 aromatic carbocycles. The van der Waals surface area contributed by atoms with Gasteiger partial charge in [-0.1, -0.05) is 31.1 Å². The van der Waals surface area contributed by atoms with Crippen LogP contribution in [0.2, 0.25) is 0 Å². The maximum Gasteiger partial charge on any atom is 0.276 e. The third kappa shape index (κ3) is 2.72. The smallest absolute Gasteiger partial charge is 0.276 e. The first kappa shape index (κ1) is 15.4. The third-order valence-corrected chi connectivity index (χ3v) is 4.66. The van der Waals surface area contributed by atoms with E-state index in [1.165, 1.54) is 0 Å². The van der Waals surface area contributed by atoms with Crippen molar-refractivity contribution in [2.24, 2.45) is 0 Å². The van der Waals surface area contributed by atoms with E-state index in [1.807, 2.05) is 20.8 Å². The highest BCUT2D eigenvalue weighted by Crippen LogP contribution is 2.40. The van der Waals surface area contributed by atoms with E-state index < -0.39 is 0 Å². The monoisotopic (exact) mass is 330 g/mol. The van der Waals surface area contributed by atoms with Gasteiger partial charge >= 0.3 is 0 Å². The number of carbonyl (C=O) groups is 1. The van der Waals surface area contributed by atoms with E-state index in [0.29, 0.717) is 35.6 Å². The van der Waals surface area contributed by atoms with E-state index in [-0.39, 0.29) is 17.4 Å². The van der Waals surface area contributed by atoms with Crippen LogP contribution >= 0.6 is 0 Å². The second-order valence-corrected chi connectivity index (χ2v) is 7.75. The van der Waals surface area contributed by atoms with Crippen molar-refractivity contribution in [1.82, 2.24) is 20.2 Å². The Bertz CT molecular complexity index is 754. The third-order valence-electron chi connectivity index (χ3n) is 4.66. The van der Waals surface area contributed by atoms with Crippen LogP contribution in [0.4, 0.5) is 0 Å². The lowest BCUT2D eigenvalue weighted by Crippen LogP contribution is -2.31. The Morgan fingerprint density at radius 3 is 2.67 bits per heavy atom. The zero-order valence-electron chi connectivity index (χ0n) is 14.3. The first-order valence-corrected chi connectivity index (χ1v) is 8.55. The van der Waals surface area contributed by atoms with E-state index in [2.05, 4.69) is 15.3 Å². The fourth-order valence-electron chi connectivity index (χ4n) is 3.03. The molecule has 1 saturated carbocycles. The van der Waals surface area contributed by atoms with E-state index in [0.717, 1.165) is 25.7 Å². The summed E-state index contributed by atoms with van der Waals surface area (Å²) in [5.74, 6) is 2.32. The number of amides is 1. The van der Waals surface area contributed by atoms with Crippen molar-refractivity contribution in [2.45, 2.75) is 63.8 Å². The predicted molar refractivity (Wildman–Crippen MR) is 84.5 cm³/mol. The Kier molecular flexibility index (Phi) is 3.47. The minimum absolute atomic E-state index is 0.130. The lowest BCUT2D eigenvalue weighted by atomic mass is 9.93. The quantitative estimate of drug-likeness (QED) is 0.859. The number of hydrogen-bond acceptors (Lipinski definition) is 6. The zero-order valence-corrected chi connectivity index (χ0v) is 14.3. The van der Waals surface area contributed by atoms with E-state index >= 15 is 0 Å². The molecule has 2 aliphatic rings. The topological polar surface area (TPSA) is 85.3 Å². The maximum atomic E-state index is 12.8. The highest BCUT2D eigenvalue weighted by Gasteiger charge is 2.37. The summed E-state index contributed by atoms with van der Waals surface area (Å²) in [7, 11) is 0. The minimum atomic E-state index is -0.178. The van der Waals surface area contributed by atoms with Gasteiger partial charge in [-0.2, -0.15) is 4.98 Å². The summed E-state index contributed by atoms with van der Waals surface area (Å²) in [6.07, 6.45) is 4.00. The summed E-state index contributed by atoms with van der Waals surface area (Å²) in [5, 5.41) is 8.07. The molecule has 1 saturated heterocycles. The van der Waals surface area contributed by atoms with Crippen molar-refractivity contribution >= 4 is 5.91 Å². The molecule has 128 valence electrons. The van der Waals surface area contributed by atoms with E-state index in [1.54, 1.807) is 11.0 Å². The number of carbonyl (C=O) groups excluding carboxylic acids is 1. The van der Waals surface area contributed by atoms with Gasteiger partial charge in [-0.3, -0.25) is 4.79 Å². The summed E-state index contributed by atoms with van der Waals surface area (Å²) in [6, 6.07) is 1.60. The summed E-state index contributed by atoms with van der Waals surface area (Å²) < 4.78 is 10.7. The zero-order chi connectivity index (χ0) is 16.9. The second kappa shape index (κ2) is 5.43. The van der Waals surface area contributed by atoms with Crippen LogP contribution in [0.1, 0.15) is 86.4 Å². The second-order valence-electron chi connectivity index (χ2n) is 7.75. The molecule has 0 bridgehead atoms. The SMILES string of the molecule is CC(C)(C)c1cc(C(=O)N2CCC[C@@H]2c2noc(C3CC3)n2)no1. The maximum absolute atomic E-state index is 12.8. The molecule has 2 fully saturated rings. The average Bonchev–Trinajstić information content (AvgIpc) is 3.02. The van der Waals surface area contributed by atoms with Crippen molar-refractivity contribution in [3.63, 3.8) is 0 Å². The number of aromatic nitrogens is 3. The number of hydrogen-bond donors (Lipinski definition) is 0. The molecule has 1 amide bonds. The number of nitrogens with zero attached hydrogens (tertiary/aromatic N) is 4. The summed E-state index contributed by atoms with van der Waals surface area (Å²) in [4.78, 5) is 19.1. The van der Waals surface area contributed by atoms with Gasteiger partial charge in [0.1, 0.15) is 5.76 Å². The van der Waals surface area contributed by atoms with Gasteiger partial charge in [-0.15, -0.1) is 0 Å². The van der Waals surface area contributed by atoms with Gasteiger partial charge in [0.2, 0.25) is 5.89 Å². The van der Waals surface area contributed by atoms with Gasteiger partial charge < -0.3 is 13.9 Å². The van der Waals surface area contributed by atoms with Gasteiger partial charge in [-0.05, 0) is 25.7 Å². The molecule has 2 aromatic rings. The molecule has 0 spiro atoms. The molecule has 0 radical (unpaired) electrons. The van der Waals surface area contributed by atoms with Crippen LogP contribution in [0, 0.1) is 0 Å². The van der Waals surface area contributed by atoms with Crippen LogP contribution in [0.5, 0.6) is 0 Å². The molecule has 4 rings (SSSR count). The molecule has 3 heterocycles. The Morgan fingerprint density at radius 2 is 2.00 bits per heavy atom. The molecule has 1 aliphatic heterocycles. The molecular weight excluding hydrogens is 308 g/mol. The first-order valence-electron chi connectivity index (χ1n) is 8.55. The fraction of sp³-hybridized carbons (Fsp3) is 0.647. The summed E-state index contributed by atoms with van der Waals surface area (Å²) in [5.41, 5.74) is 0.167. The van der Waals surface area contributed by atoms with Crippen LogP contribution in [0.3, 0.4) is 0 Å². The van der Waals surface area contributed by atoms with Gasteiger partial charge in [-0.25, -0.2) is 0 Å². The van der Waals surface area contributed by atoms with Crippen molar-refractivity contribution < 1.29 is 13.8 Å². The highest BCUT2D eigenvalue weighted by molar-refractivity contribution is 5.92. The van der Waals surface area contributed by atoms with Crippen molar-refractivity contribution in [3.05, 3.63) is 29.2 Å². The lowest BCUT2D eigenvalue weighted by molar-refractivity contribution is 0.0717. The van der Waals surface area contributed by atoms with Gasteiger partial charge in [0.05, 0.1) is 6.04 Å². The fourth-order valence-corrected chi connectivity index (χ4v) is 3.03. The van der Waals surface area contributed by atoms with Gasteiger partial charge in [0.25, 0.3) is 5.91 Å². The van der Waals surface area contributed by atoms with Crippen LogP contribution in [-0.2, 0) is 5.41 Å². The van der Waals surface area contributed by atoms with Crippen LogP contribution in [0.15, 0.2) is 15.1 Å². The van der Waals surface area contributed by atoms with Gasteiger partial charge in [0, 0.05) is 23.9 Å². The lowest BCUT2D eigenvalue weighted by Gasteiger charge is -2.20. The van der Waals surface area contributed by atoms with Crippen LogP contribution in [0.25, 0.3) is 0 Å². The molecule has 7 heteroatoms. The van der Waals surface area contributed by atoms with Crippen molar-refractivity contribution in [1.29, 1.82) is 0 Å². The van der Waals surface area contributed by atoms with Gasteiger partial charge in [0.15, 0.2) is 11.5 Å². The van der Waals surface area contributed by atoms with Crippen molar-refractivity contribution in [3.8, 4) is 0 Å². The molecule has 7 nitrogen and oxygen atoms in total.